The lowest BCUT2D eigenvalue weighted by molar-refractivity contribution is -0.232. The maximum Gasteiger partial charge on any atom is 0.414 e. The van der Waals surface area contributed by atoms with Crippen LogP contribution in [-0.2, 0) is 6.42 Å². The van der Waals surface area contributed by atoms with Gasteiger partial charge in [-0.15, -0.1) is 0 Å². The van der Waals surface area contributed by atoms with E-state index in [1.165, 1.54) is 6.92 Å². The summed E-state index contributed by atoms with van der Waals surface area (Å²) < 4.78 is 38.7. The Kier molecular flexibility index (Phi) is 2.88. The highest BCUT2D eigenvalue weighted by Crippen LogP contribution is 2.90. The number of aliphatic hydroxyl groups excluding tert-OH is 1. The van der Waals surface area contributed by atoms with E-state index in [9.17, 15) is 18.3 Å². The van der Waals surface area contributed by atoms with Crippen LogP contribution in [0.3, 0.4) is 0 Å². The molecule has 2 aliphatic carbocycles. The molecule has 2 aliphatic rings. The lowest BCUT2D eigenvalue weighted by Gasteiger charge is -2.30. The number of fused-ring (bicyclic) bond motifs is 2. The maximum atomic E-state index is 12.9. The van der Waals surface area contributed by atoms with Crippen LogP contribution in [0.4, 0.5) is 13.2 Å². The third kappa shape index (κ3) is 1.85. The molecule has 4 atom stereocenters. The van der Waals surface area contributed by atoms with Crippen molar-refractivity contribution in [2.45, 2.75) is 32.0 Å². The Labute approximate surface area is 136 Å². The average Bonchev–Trinajstić information content (AvgIpc) is 3.39. The van der Waals surface area contributed by atoms with Gasteiger partial charge in [-0.2, -0.15) is 18.4 Å². The first-order chi connectivity index (χ1) is 11.2. The van der Waals surface area contributed by atoms with Crippen LogP contribution in [0, 0.1) is 28.1 Å². The minimum absolute atomic E-state index is 0.0653. The molecule has 124 valence electrons. The molecule has 2 unspecified atom stereocenters. The van der Waals surface area contributed by atoms with Crippen LogP contribution in [0.25, 0.3) is 10.8 Å². The number of alkyl halides is 3. The zero-order chi connectivity index (χ0) is 17.3. The SMILES string of the molecule is C[C@]1([C@@H](O)C(F)(F)F)C2CC21Cc1ccc2c(C#N)nccc2c1. The summed E-state index contributed by atoms with van der Waals surface area (Å²) in [6.45, 7) is 1.54. The van der Waals surface area contributed by atoms with Gasteiger partial charge < -0.3 is 5.11 Å². The van der Waals surface area contributed by atoms with Crippen LogP contribution in [0.1, 0.15) is 24.6 Å². The molecule has 1 N–H and O–H groups in total. The van der Waals surface area contributed by atoms with E-state index >= 15 is 0 Å². The molecule has 0 saturated heterocycles. The highest BCUT2D eigenvalue weighted by Gasteiger charge is 2.89. The number of aliphatic hydroxyl groups is 1. The second-order valence-corrected chi connectivity index (χ2v) is 7.14. The van der Waals surface area contributed by atoms with Crippen LogP contribution in [0.5, 0.6) is 0 Å². The predicted octanol–water partition coefficient (Wildman–Crippen LogP) is 3.60. The Morgan fingerprint density at radius 1 is 1.42 bits per heavy atom. The molecule has 1 aromatic heterocycles. The molecular formula is C18H15F3N2O. The van der Waals surface area contributed by atoms with Gasteiger partial charge in [0.2, 0.25) is 0 Å². The molecule has 2 aromatic rings. The van der Waals surface area contributed by atoms with Crippen molar-refractivity contribution < 1.29 is 18.3 Å². The highest BCUT2D eigenvalue weighted by molar-refractivity contribution is 5.86. The first-order valence-electron chi connectivity index (χ1n) is 7.76. The van der Waals surface area contributed by atoms with Gasteiger partial charge in [0, 0.05) is 17.0 Å². The fourth-order valence-corrected chi connectivity index (χ4v) is 4.49. The van der Waals surface area contributed by atoms with Gasteiger partial charge in [0.1, 0.15) is 11.8 Å². The van der Waals surface area contributed by atoms with E-state index < -0.39 is 23.1 Å². The molecule has 3 nitrogen and oxygen atoms in total. The first kappa shape index (κ1) is 15.4. The maximum absolute atomic E-state index is 12.9. The number of pyridine rings is 1. The number of hydrogen-bond acceptors (Lipinski definition) is 3. The Bertz CT molecular complexity index is 888. The van der Waals surface area contributed by atoms with Crippen molar-refractivity contribution in [1.29, 1.82) is 5.26 Å². The number of nitrogens with zero attached hydrogens (tertiary/aromatic N) is 2. The number of rotatable bonds is 3. The summed E-state index contributed by atoms with van der Waals surface area (Å²) in [5, 5.41) is 20.4. The zero-order valence-electron chi connectivity index (χ0n) is 12.9. The van der Waals surface area contributed by atoms with E-state index in [1.807, 2.05) is 18.2 Å². The second kappa shape index (κ2) is 4.48. The molecule has 4 rings (SSSR count). The monoisotopic (exact) mass is 332 g/mol. The van der Waals surface area contributed by atoms with E-state index in [2.05, 4.69) is 4.98 Å². The Hall–Kier alpha value is -2.13. The molecule has 6 heteroatoms. The summed E-state index contributed by atoms with van der Waals surface area (Å²) in [6.07, 6.45) is -4.04. The minimum atomic E-state index is -4.58. The van der Waals surface area contributed by atoms with Crippen LogP contribution in [0.2, 0.25) is 0 Å². The third-order valence-corrected chi connectivity index (χ3v) is 6.12. The third-order valence-electron chi connectivity index (χ3n) is 6.12. The topological polar surface area (TPSA) is 56.9 Å². The van der Waals surface area contributed by atoms with E-state index in [0.717, 1.165) is 22.8 Å². The van der Waals surface area contributed by atoms with Crippen molar-refractivity contribution in [1.82, 2.24) is 4.98 Å². The van der Waals surface area contributed by atoms with Crippen LogP contribution >= 0.6 is 0 Å². The van der Waals surface area contributed by atoms with Gasteiger partial charge in [-0.3, -0.25) is 0 Å². The number of hydrogen-bond donors (Lipinski definition) is 1. The summed E-state index contributed by atoms with van der Waals surface area (Å²) in [4.78, 5) is 4.00. The van der Waals surface area contributed by atoms with E-state index in [4.69, 9.17) is 5.26 Å². The zero-order valence-corrected chi connectivity index (χ0v) is 12.9. The Balaban J connectivity index is 1.62. The summed E-state index contributed by atoms with van der Waals surface area (Å²) >= 11 is 0. The molecule has 24 heavy (non-hydrogen) atoms. The van der Waals surface area contributed by atoms with Crippen LogP contribution in [0.15, 0.2) is 30.5 Å². The standard InChI is InChI=1S/C18H15F3N2O/c1-16(15(24)18(19,20)21)14-8-17(14,16)7-10-2-3-12-11(6-10)4-5-23-13(12)9-22/h2-6,14-15,24H,7-8H2,1H3/t14?,15-,16-,17?/m1/s1. The molecule has 1 heterocycles. The normalized spacial score (nSPS) is 32.1. The van der Waals surface area contributed by atoms with Gasteiger partial charge >= 0.3 is 6.18 Å². The van der Waals surface area contributed by atoms with Crippen molar-refractivity contribution in [3.05, 3.63) is 41.7 Å². The quantitative estimate of drug-likeness (QED) is 0.934. The van der Waals surface area contributed by atoms with E-state index in [1.54, 1.807) is 18.3 Å². The molecule has 1 aromatic carbocycles. The van der Waals surface area contributed by atoms with Gasteiger partial charge in [-0.25, -0.2) is 4.98 Å². The fraction of sp³-hybridized carbons (Fsp3) is 0.444. The van der Waals surface area contributed by atoms with Crippen molar-refractivity contribution in [2.24, 2.45) is 16.7 Å². The second-order valence-electron chi connectivity index (χ2n) is 7.14. The Morgan fingerprint density at radius 2 is 2.17 bits per heavy atom. The fourth-order valence-electron chi connectivity index (χ4n) is 4.49. The number of benzene rings is 1. The molecule has 2 fully saturated rings. The highest BCUT2D eigenvalue weighted by atomic mass is 19.4. The molecule has 0 radical (unpaired) electrons. The minimum Gasteiger partial charge on any atom is -0.383 e. The van der Waals surface area contributed by atoms with Crippen molar-refractivity contribution in [3.8, 4) is 6.07 Å². The largest absolute Gasteiger partial charge is 0.414 e. The summed E-state index contributed by atoms with van der Waals surface area (Å²) in [7, 11) is 0. The molecule has 0 amide bonds. The summed E-state index contributed by atoms with van der Waals surface area (Å²) in [5.41, 5.74) is -0.250. The van der Waals surface area contributed by atoms with Gasteiger partial charge in [-0.05, 0) is 41.2 Å². The lowest BCUT2D eigenvalue weighted by atomic mass is 9.81. The van der Waals surface area contributed by atoms with Crippen molar-refractivity contribution in [2.75, 3.05) is 0 Å². The number of aromatic nitrogens is 1. The smallest absolute Gasteiger partial charge is 0.383 e. The van der Waals surface area contributed by atoms with Gasteiger partial charge in [0.25, 0.3) is 0 Å². The summed E-state index contributed by atoms with van der Waals surface area (Å²) in [6, 6.07) is 9.36. The molecule has 2 saturated carbocycles. The lowest BCUT2D eigenvalue weighted by Crippen LogP contribution is -2.41. The molecular weight excluding hydrogens is 317 g/mol. The van der Waals surface area contributed by atoms with Crippen molar-refractivity contribution >= 4 is 10.8 Å². The Morgan fingerprint density at radius 3 is 2.79 bits per heavy atom. The van der Waals surface area contributed by atoms with Gasteiger partial charge in [0.05, 0.1) is 0 Å². The van der Waals surface area contributed by atoms with Crippen molar-refractivity contribution in [3.63, 3.8) is 0 Å². The van der Waals surface area contributed by atoms with Crippen LogP contribution in [-0.4, -0.2) is 22.4 Å². The molecule has 0 bridgehead atoms. The number of halogens is 3. The average molecular weight is 332 g/mol. The predicted molar refractivity (Wildman–Crippen MR) is 80.9 cm³/mol. The van der Waals surface area contributed by atoms with Gasteiger partial charge in [-0.1, -0.05) is 25.1 Å². The van der Waals surface area contributed by atoms with E-state index in [0.29, 0.717) is 12.1 Å². The van der Waals surface area contributed by atoms with Crippen LogP contribution < -0.4 is 0 Å². The molecule has 0 aliphatic heterocycles. The number of nitriles is 1. The molecule has 0 spiro atoms. The first-order valence-corrected chi connectivity index (χ1v) is 7.76. The summed E-state index contributed by atoms with van der Waals surface area (Å²) in [5.74, 6) is -0.0653. The van der Waals surface area contributed by atoms with Gasteiger partial charge in [0.15, 0.2) is 6.10 Å². The van der Waals surface area contributed by atoms with E-state index in [-0.39, 0.29) is 5.92 Å².